The second-order valence-electron chi connectivity index (χ2n) is 3.77. The van der Waals surface area contributed by atoms with Crippen molar-refractivity contribution in [1.82, 2.24) is 0 Å². The smallest absolute Gasteiger partial charge is 0.418 e. The minimum atomic E-state index is -4.56. The van der Waals surface area contributed by atoms with Gasteiger partial charge < -0.3 is 10.1 Å². The number of carbonyl (C=O) groups is 1. The molecule has 0 saturated heterocycles. The molecule has 0 aliphatic carbocycles. The fourth-order valence-corrected chi connectivity index (χ4v) is 1.38. The van der Waals surface area contributed by atoms with Gasteiger partial charge in [0.2, 0.25) is 0 Å². The molecule has 4 nitrogen and oxygen atoms in total. The van der Waals surface area contributed by atoms with Gasteiger partial charge in [-0.25, -0.2) is 4.79 Å². The number of halogens is 3. The SMILES string of the molecule is CCCOC(=O)Nc1ccc(NC)cc1C(F)(F)F. The molecule has 1 amide bonds. The zero-order valence-electron chi connectivity index (χ0n) is 10.6. The Balaban J connectivity index is 2.96. The van der Waals surface area contributed by atoms with Crippen LogP contribution in [0.4, 0.5) is 29.3 Å². The number of amides is 1. The number of hydrogen-bond donors (Lipinski definition) is 2. The van der Waals surface area contributed by atoms with Crippen LogP contribution in [0.15, 0.2) is 18.2 Å². The third-order valence-electron chi connectivity index (χ3n) is 2.29. The van der Waals surface area contributed by atoms with Crippen LogP contribution in [0.1, 0.15) is 18.9 Å². The minimum Gasteiger partial charge on any atom is -0.449 e. The van der Waals surface area contributed by atoms with Crippen molar-refractivity contribution in [2.45, 2.75) is 19.5 Å². The number of nitrogens with one attached hydrogen (secondary N) is 2. The molecule has 0 fully saturated rings. The van der Waals surface area contributed by atoms with Crippen molar-refractivity contribution < 1.29 is 22.7 Å². The zero-order valence-corrected chi connectivity index (χ0v) is 10.6. The van der Waals surface area contributed by atoms with Crippen molar-refractivity contribution >= 4 is 17.5 Å². The van der Waals surface area contributed by atoms with Crippen molar-refractivity contribution in [2.24, 2.45) is 0 Å². The van der Waals surface area contributed by atoms with E-state index in [-0.39, 0.29) is 12.3 Å². The van der Waals surface area contributed by atoms with Crippen LogP contribution in [0.3, 0.4) is 0 Å². The van der Waals surface area contributed by atoms with E-state index in [1.54, 1.807) is 6.92 Å². The summed E-state index contributed by atoms with van der Waals surface area (Å²) in [6.45, 7) is 1.94. The van der Waals surface area contributed by atoms with E-state index in [2.05, 4.69) is 15.4 Å². The Morgan fingerprint density at radius 3 is 2.58 bits per heavy atom. The normalized spacial score (nSPS) is 11.0. The first-order valence-corrected chi connectivity index (χ1v) is 5.71. The summed E-state index contributed by atoms with van der Waals surface area (Å²) in [6, 6.07) is 3.54. The molecule has 0 aliphatic heterocycles. The standard InChI is InChI=1S/C12H15F3N2O2/c1-3-6-19-11(18)17-10-5-4-8(16-2)7-9(10)12(13,14)15/h4-5,7,16H,3,6H2,1-2H3,(H,17,18). The highest BCUT2D eigenvalue weighted by molar-refractivity contribution is 5.86. The molecule has 106 valence electrons. The third-order valence-corrected chi connectivity index (χ3v) is 2.29. The second kappa shape index (κ2) is 6.31. The second-order valence-corrected chi connectivity index (χ2v) is 3.77. The molecule has 0 radical (unpaired) electrons. The van der Waals surface area contributed by atoms with E-state index < -0.39 is 17.8 Å². The van der Waals surface area contributed by atoms with Crippen molar-refractivity contribution in [3.63, 3.8) is 0 Å². The maximum atomic E-state index is 12.8. The lowest BCUT2D eigenvalue weighted by atomic mass is 10.1. The van der Waals surface area contributed by atoms with E-state index in [1.165, 1.54) is 19.2 Å². The molecule has 0 aliphatic rings. The lowest BCUT2D eigenvalue weighted by Gasteiger charge is -2.15. The maximum Gasteiger partial charge on any atom is 0.418 e. The molecule has 0 unspecified atom stereocenters. The van der Waals surface area contributed by atoms with Gasteiger partial charge in [0.25, 0.3) is 0 Å². The van der Waals surface area contributed by atoms with E-state index in [1.807, 2.05) is 0 Å². The zero-order chi connectivity index (χ0) is 14.5. The average molecular weight is 276 g/mol. The van der Waals surface area contributed by atoms with Gasteiger partial charge in [0, 0.05) is 12.7 Å². The summed E-state index contributed by atoms with van der Waals surface area (Å²) in [4.78, 5) is 11.3. The van der Waals surface area contributed by atoms with Gasteiger partial charge in [0.15, 0.2) is 0 Å². The molecule has 19 heavy (non-hydrogen) atoms. The lowest BCUT2D eigenvalue weighted by Crippen LogP contribution is -2.18. The molecular weight excluding hydrogens is 261 g/mol. The fraction of sp³-hybridized carbons (Fsp3) is 0.417. The summed E-state index contributed by atoms with van der Waals surface area (Å²) >= 11 is 0. The highest BCUT2D eigenvalue weighted by Gasteiger charge is 2.34. The predicted octanol–water partition coefficient (Wildman–Crippen LogP) is 3.71. The third kappa shape index (κ3) is 4.35. The molecule has 2 N–H and O–H groups in total. The predicted molar refractivity (Wildman–Crippen MR) is 66.3 cm³/mol. The molecule has 1 aromatic carbocycles. The van der Waals surface area contributed by atoms with Gasteiger partial charge >= 0.3 is 12.3 Å². The van der Waals surface area contributed by atoms with Gasteiger partial charge in [0.05, 0.1) is 17.9 Å². The molecule has 0 aromatic heterocycles. The molecule has 0 spiro atoms. The number of anilines is 2. The first kappa shape index (κ1) is 15.1. The Labute approximate surface area is 108 Å². The molecule has 0 heterocycles. The van der Waals surface area contributed by atoms with Crippen LogP contribution >= 0.6 is 0 Å². The van der Waals surface area contributed by atoms with Gasteiger partial charge in [-0.05, 0) is 24.6 Å². The number of rotatable bonds is 4. The summed E-state index contributed by atoms with van der Waals surface area (Å²) in [5.41, 5.74) is -0.944. The van der Waals surface area contributed by atoms with Gasteiger partial charge in [-0.1, -0.05) is 6.92 Å². The highest BCUT2D eigenvalue weighted by atomic mass is 19.4. The van der Waals surface area contributed by atoms with Crippen molar-refractivity contribution in [2.75, 3.05) is 24.3 Å². The van der Waals surface area contributed by atoms with Gasteiger partial charge in [-0.15, -0.1) is 0 Å². The number of carbonyl (C=O) groups excluding carboxylic acids is 1. The van der Waals surface area contributed by atoms with Crippen molar-refractivity contribution in [3.8, 4) is 0 Å². The van der Waals surface area contributed by atoms with E-state index >= 15 is 0 Å². The fourth-order valence-electron chi connectivity index (χ4n) is 1.38. The number of alkyl halides is 3. The number of benzene rings is 1. The Morgan fingerprint density at radius 1 is 1.37 bits per heavy atom. The monoisotopic (exact) mass is 276 g/mol. The maximum absolute atomic E-state index is 12.8. The number of hydrogen-bond acceptors (Lipinski definition) is 3. The van der Waals surface area contributed by atoms with E-state index in [4.69, 9.17) is 0 Å². The van der Waals surface area contributed by atoms with Crippen LogP contribution in [0.25, 0.3) is 0 Å². The quantitative estimate of drug-likeness (QED) is 0.881. The van der Waals surface area contributed by atoms with E-state index in [0.29, 0.717) is 12.1 Å². The highest BCUT2D eigenvalue weighted by Crippen LogP contribution is 2.36. The Kier molecular flexibility index (Phi) is 5.02. The topological polar surface area (TPSA) is 50.4 Å². The first-order chi connectivity index (χ1) is 8.88. The average Bonchev–Trinajstić information content (AvgIpc) is 2.35. The number of ether oxygens (including phenoxy) is 1. The molecule has 0 atom stereocenters. The van der Waals surface area contributed by atoms with Gasteiger partial charge in [0.1, 0.15) is 0 Å². The van der Waals surface area contributed by atoms with Crippen LogP contribution in [0.5, 0.6) is 0 Å². The largest absolute Gasteiger partial charge is 0.449 e. The van der Waals surface area contributed by atoms with Crippen LogP contribution in [-0.4, -0.2) is 19.7 Å². The summed E-state index contributed by atoms with van der Waals surface area (Å²) < 4.78 is 43.2. The van der Waals surface area contributed by atoms with Gasteiger partial charge in [-0.2, -0.15) is 13.2 Å². The summed E-state index contributed by atoms with van der Waals surface area (Å²) in [6.07, 6.45) is -4.86. The van der Waals surface area contributed by atoms with Crippen LogP contribution in [0.2, 0.25) is 0 Å². The first-order valence-electron chi connectivity index (χ1n) is 5.71. The Bertz CT molecular complexity index is 447. The Morgan fingerprint density at radius 2 is 2.05 bits per heavy atom. The molecule has 1 aromatic rings. The van der Waals surface area contributed by atoms with E-state index in [0.717, 1.165) is 6.07 Å². The van der Waals surface area contributed by atoms with Crippen LogP contribution < -0.4 is 10.6 Å². The van der Waals surface area contributed by atoms with Crippen LogP contribution in [0, 0.1) is 0 Å². The molecule has 0 saturated carbocycles. The van der Waals surface area contributed by atoms with Crippen molar-refractivity contribution in [3.05, 3.63) is 23.8 Å². The Hall–Kier alpha value is -1.92. The summed E-state index contributed by atoms with van der Waals surface area (Å²) in [5.74, 6) is 0. The van der Waals surface area contributed by atoms with Crippen LogP contribution in [-0.2, 0) is 10.9 Å². The molecule has 7 heteroatoms. The van der Waals surface area contributed by atoms with Gasteiger partial charge in [-0.3, -0.25) is 5.32 Å². The summed E-state index contributed by atoms with van der Waals surface area (Å²) in [7, 11) is 1.51. The molecular formula is C12H15F3N2O2. The van der Waals surface area contributed by atoms with Crippen molar-refractivity contribution in [1.29, 1.82) is 0 Å². The summed E-state index contributed by atoms with van der Waals surface area (Å²) in [5, 5.41) is 4.70. The molecule has 0 bridgehead atoms. The molecule has 1 rings (SSSR count). The van der Waals surface area contributed by atoms with E-state index in [9.17, 15) is 18.0 Å². The minimum absolute atomic E-state index is 0.155. The lowest BCUT2D eigenvalue weighted by molar-refractivity contribution is -0.136.